The molecule has 1 aromatic rings. The number of benzene rings is 1. The van der Waals surface area contributed by atoms with Crippen molar-refractivity contribution in [3.8, 4) is 0 Å². The molecule has 0 aromatic heterocycles. The lowest BCUT2D eigenvalue weighted by molar-refractivity contribution is 0.554. The Kier molecular flexibility index (Phi) is 4.83. The molecule has 0 aliphatic carbocycles. The van der Waals surface area contributed by atoms with Crippen LogP contribution in [0.5, 0.6) is 0 Å². The second-order valence-electron chi connectivity index (χ2n) is 4.71. The van der Waals surface area contributed by atoms with Crippen molar-refractivity contribution in [1.29, 1.82) is 0 Å². The van der Waals surface area contributed by atoms with E-state index in [1.807, 2.05) is 0 Å². The summed E-state index contributed by atoms with van der Waals surface area (Å²) >= 11 is 0. The minimum atomic E-state index is 0.739. The molecule has 0 fully saturated rings. The van der Waals surface area contributed by atoms with Gasteiger partial charge in [-0.25, -0.2) is 0 Å². The number of hydrogen-bond donors (Lipinski definition) is 1. The Labute approximate surface area is 93.9 Å². The molecule has 1 rings (SSSR count). The van der Waals surface area contributed by atoms with Gasteiger partial charge in [0.05, 0.1) is 0 Å². The van der Waals surface area contributed by atoms with Crippen molar-refractivity contribution in [2.75, 3.05) is 13.1 Å². The SMILES string of the molecule is Cc1cccc(CCNCC(C)C)c1C. The zero-order valence-corrected chi connectivity index (χ0v) is 10.4. The predicted molar refractivity (Wildman–Crippen MR) is 67.3 cm³/mol. The van der Waals surface area contributed by atoms with Gasteiger partial charge >= 0.3 is 0 Å². The normalized spacial score (nSPS) is 11.0. The molecule has 1 nitrogen and oxygen atoms in total. The van der Waals surface area contributed by atoms with Gasteiger partial charge < -0.3 is 5.32 Å². The smallest absolute Gasteiger partial charge is 0.000814 e. The maximum atomic E-state index is 3.48. The van der Waals surface area contributed by atoms with Crippen molar-refractivity contribution in [2.24, 2.45) is 5.92 Å². The van der Waals surface area contributed by atoms with Gasteiger partial charge in [0.15, 0.2) is 0 Å². The fraction of sp³-hybridized carbons (Fsp3) is 0.571. The second-order valence-corrected chi connectivity index (χ2v) is 4.71. The molecule has 0 bridgehead atoms. The van der Waals surface area contributed by atoms with E-state index in [1.54, 1.807) is 0 Å². The van der Waals surface area contributed by atoms with Crippen LogP contribution in [-0.2, 0) is 6.42 Å². The first-order valence-corrected chi connectivity index (χ1v) is 5.87. The molecule has 0 saturated heterocycles. The molecule has 0 spiro atoms. The van der Waals surface area contributed by atoms with Crippen LogP contribution in [-0.4, -0.2) is 13.1 Å². The maximum Gasteiger partial charge on any atom is -0.000814 e. The van der Waals surface area contributed by atoms with Crippen molar-refractivity contribution in [1.82, 2.24) is 5.32 Å². The topological polar surface area (TPSA) is 12.0 Å². The molecule has 0 radical (unpaired) electrons. The van der Waals surface area contributed by atoms with Crippen molar-refractivity contribution in [3.05, 3.63) is 34.9 Å². The summed E-state index contributed by atoms with van der Waals surface area (Å²) in [6.45, 7) is 11.1. The summed E-state index contributed by atoms with van der Waals surface area (Å²) in [5.41, 5.74) is 4.33. The molecular formula is C14H23N. The van der Waals surface area contributed by atoms with Crippen LogP contribution in [0.3, 0.4) is 0 Å². The van der Waals surface area contributed by atoms with E-state index in [1.165, 1.54) is 16.7 Å². The van der Waals surface area contributed by atoms with Crippen LogP contribution in [0.2, 0.25) is 0 Å². The van der Waals surface area contributed by atoms with E-state index < -0.39 is 0 Å². The molecule has 1 N–H and O–H groups in total. The average Bonchev–Trinajstić information content (AvgIpc) is 2.18. The largest absolute Gasteiger partial charge is 0.316 e. The molecular weight excluding hydrogens is 182 g/mol. The summed E-state index contributed by atoms with van der Waals surface area (Å²) in [5.74, 6) is 0.739. The van der Waals surface area contributed by atoms with E-state index in [0.29, 0.717) is 0 Å². The van der Waals surface area contributed by atoms with Crippen molar-refractivity contribution in [2.45, 2.75) is 34.1 Å². The Balaban J connectivity index is 2.41. The van der Waals surface area contributed by atoms with Crippen LogP contribution in [0, 0.1) is 19.8 Å². The summed E-state index contributed by atoms with van der Waals surface area (Å²) in [6.07, 6.45) is 1.14. The Bertz CT molecular complexity index is 302. The van der Waals surface area contributed by atoms with Crippen molar-refractivity contribution in [3.63, 3.8) is 0 Å². The summed E-state index contributed by atoms with van der Waals surface area (Å²) in [7, 11) is 0. The zero-order chi connectivity index (χ0) is 11.3. The Morgan fingerprint density at radius 1 is 1.20 bits per heavy atom. The third-order valence-electron chi connectivity index (χ3n) is 2.84. The van der Waals surface area contributed by atoms with Crippen molar-refractivity contribution < 1.29 is 0 Å². The first-order chi connectivity index (χ1) is 7.11. The second kappa shape index (κ2) is 5.92. The van der Waals surface area contributed by atoms with E-state index in [-0.39, 0.29) is 0 Å². The van der Waals surface area contributed by atoms with Gasteiger partial charge in [0.25, 0.3) is 0 Å². The van der Waals surface area contributed by atoms with Crippen LogP contribution < -0.4 is 5.32 Å². The van der Waals surface area contributed by atoms with Gasteiger partial charge in [0.1, 0.15) is 0 Å². The minimum Gasteiger partial charge on any atom is -0.316 e. The van der Waals surface area contributed by atoms with Gasteiger partial charge in [-0.05, 0) is 56.0 Å². The summed E-state index contributed by atoms with van der Waals surface area (Å²) in [4.78, 5) is 0. The summed E-state index contributed by atoms with van der Waals surface area (Å²) in [6, 6.07) is 6.57. The van der Waals surface area contributed by atoms with Crippen LogP contribution in [0.25, 0.3) is 0 Å². The Morgan fingerprint density at radius 3 is 2.60 bits per heavy atom. The molecule has 0 heterocycles. The lowest BCUT2D eigenvalue weighted by Crippen LogP contribution is -2.22. The van der Waals surface area contributed by atoms with E-state index >= 15 is 0 Å². The molecule has 0 unspecified atom stereocenters. The van der Waals surface area contributed by atoms with Gasteiger partial charge in [0.2, 0.25) is 0 Å². The van der Waals surface area contributed by atoms with Crippen LogP contribution in [0.4, 0.5) is 0 Å². The number of rotatable bonds is 5. The van der Waals surface area contributed by atoms with E-state index in [4.69, 9.17) is 0 Å². The highest BCUT2D eigenvalue weighted by Crippen LogP contribution is 2.12. The number of hydrogen-bond acceptors (Lipinski definition) is 1. The molecule has 0 saturated carbocycles. The van der Waals surface area contributed by atoms with Gasteiger partial charge in [-0.3, -0.25) is 0 Å². The lowest BCUT2D eigenvalue weighted by atomic mass is 10.0. The fourth-order valence-electron chi connectivity index (χ4n) is 1.70. The lowest BCUT2D eigenvalue weighted by Gasteiger charge is -2.10. The fourth-order valence-corrected chi connectivity index (χ4v) is 1.70. The first-order valence-electron chi connectivity index (χ1n) is 5.87. The van der Waals surface area contributed by atoms with Crippen LogP contribution >= 0.6 is 0 Å². The maximum absolute atomic E-state index is 3.48. The number of nitrogens with one attached hydrogen (secondary N) is 1. The molecule has 15 heavy (non-hydrogen) atoms. The van der Waals surface area contributed by atoms with Gasteiger partial charge in [0, 0.05) is 0 Å². The first kappa shape index (κ1) is 12.3. The average molecular weight is 205 g/mol. The van der Waals surface area contributed by atoms with Gasteiger partial charge in [-0.15, -0.1) is 0 Å². The van der Waals surface area contributed by atoms with Crippen LogP contribution in [0.1, 0.15) is 30.5 Å². The zero-order valence-electron chi connectivity index (χ0n) is 10.4. The summed E-state index contributed by atoms with van der Waals surface area (Å²) < 4.78 is 0. The predicted octanol–water partition coefficient (Wildman–Crippen LogP) is 3.09. The van der Waals surface area contributed by atoms with E-state index in [9.17, 15) is 0 Å². The molecule has 1 aromatic carbocycles. The minimum absolute atomic E-state index is 0.739. The standard InChI is InChI=1S/C14H23N/c1-11(2)10-15-9-8-14-7-5-6-12(3)13(14)4/h5-7,11,15H,8-10H2,1-4H3. The van der Waals surface area contributed by atoms with Crippen molar-refractivity contribution >= 4 is 0 Å². The molecule has 0 aliphatic heterocycles. The molecule has 0 aliphatic rings. The monoisotopic (exact) mass is 205 g/mol. The molecule has 0 amide bonds. The molecule has 84 valence electrons. The highest BCUT2D eigenvalue weighted by molar-refractivity contribution is 5.33. The number of aryl methyl sites for hydroxylation is 1. The highest BCUT2D eigenvalue weighted by atomic mass is 14.8. The van der Waals surface area contributed by atoms with Crippen LogP contribution in [0.15, 0.2) is 18.2 Å². The Morgan fingerprint density at radius 2 is 1.93 bits per heavy atom. The highest BCUT2D eigenvalue weighted by Gasteiger charge is 2.00. The van der Waals surface area contributed by atoms with E-state index in [0.717, 1.165) is 25.4 Å². The quantitative estimate of drug-likeness (QED) is 0.728. The molecule has 1 heteroatoms. The van der Waals surface area contributed by atoms with E-state index in [2.05, 4.69) is 51.2 Å². The molecule has 0 atom stereocenters. The van der Waals surface area contributed by atoms with Gasteiger partial charge in [-0.1, -0.05) is 32.0 Å². The summed E-state index contributed by atoms with van der Waals surface area (Å²) in [5, 5.41) is 3.48. The Hall–Kier alpha value is -0.820. The van der Waals surface area contributed by atoms with Gasteiger partial charge in [-0.2, -0.15) is 0 Å². The third kappa shape index (κ3) is 4.05. The third-order valence-corrected chi connectivity index (χ3v) is 2.84.